The van der Waals surface area contributed by atoms with Crippen LogP contribution in [-0.2, 0) is 19.0 Å². The van der Waals surface area contributed by atoms with Gasteiger partial charge in [-0.2, -0.15) is 8.42 Å². The van der Waals surface area contributed by atoms with Crippen molar-refractivity contribution < 1.29 is 22.1 Å². The number of hydrogen-bond acceptors (Lipinski definition) is 6. The molecule has 7 nitrogen and oxygen atoms in total. The van der Waals surface area contributed by atoms with Gasteiger partial charge in [-0.3, -0.25) is 0 Å². The van der Waals surface area contributed by atoms with Gasteiger partial charge in [0.25, 0.3) is 0 Å². The lowest BCUT2D eigenvalue weighted by Crippen LogP contribution is -2.55. The van der Waals surface area contributed by atoms with Crippen molar-refractivity contribution in [3.8, 4) is 0 Å². The molecule has 8 heteroatoms. The van der Waals surface area contributed by atoms with Gasteiger partial charge in [0.1, 0.15) is 4.90 Å². The second kappa shape index (κ2) is 9.59. The van der Waals surface area contributed by atoms with Crippen LogP contribution < -0.4 is 5.32 Å². The van der Waals surface area contributed by atoms with Crippen molar-refractivity contribution >= 4 is 16.2 Å². The van der Waals surface area contributed by atoms with E-state index in [4.69, 9.17) is 8.92 Å². The van der Waals surface area contributed by atoms with Crippen LogP contribution in [-0.4, -0.2) is 51.8 Å². The van der Waals surface area contributed by atoms with E-state index in [1.165, 1.54) is 22.6 Å². The van der Waals surface area contributed by atoms with Crippen molar-refractivity contribution in [1.82, 2.24) is 10.2 Å². The molecule has 0 radical (unpaired) electrons. The molecule has 30 heavy (non-hydrogen) atoms. The first kappa shape index (κ1) is 22.3. The zero-order valence-corrected chi connectivity index (χ0v) is 18.3. The summed E-state index contributed by atoms with van der Waals surface area (Å²) in [6.07, 6.45) is -0.540. The largest absolute Gasteiger partial charge is 0.425 e. The summed E-state index contributed by atoms with van der Waals surface area (Å²) < 4.78 is 35.3. The van der Waals surface area contributed by atoms with Crippen molar-refractivity contribution in [3.05, 3.63) is 65.7 Å². The number of hydrogen-bond donors (Lipinski definition) is 1. The molecule has 1 saturated heterocycles. The van der Waals surface area contributed by atoms with E-state index in [0.29, 0.717) is 13.0 Å². The van der Waals surface area contributed by atoms with Crippen LogP contribution in [0.5, 0.6) is 0 Å². The molecule has 1 aliphatic heterocycles. The molecule has 0 aromatic heterocycles. The Balaban J connectivity index is 1.61. The molecule has 1 N–H and O–H groups in total. The van der Waals surface area contributed by atoms with Crippen LogP contribution in [0.3, 0.4) is 0 Å². The van der Waals surface area contributed by atoms with Crippen molar-refractivity contribution in [2.24, 2.45) is 0 Å². The minimum atomic E-state index is -4.17. The summed E-state index contributed by atoms with van der Waals surface area (Å²) in [5.74, 6) is 0. The van der Waals surface area contributed by atoms with Gasteiger partial charge in [0.15, 0.2) is 0 Å². The van der Waals surface area contributed by atoms with Crippen molar-refractivity contribution in [2.75, 3.05) is 20.2 Å². The predicted molar refractivity (Wildman–Crippen MR) is 114 cm³/mol. The molecule has 0 saturated carbocycles. The highest BCUT2D eigenvalue weighted by atomic mass is 32.2. The number of aryl methyl sites for hydroxylation is 1. The molecule has 3 unspecified atom stereocenters. The minimum absolute atomic E-state index is 0.0305. The number of nitrogens with one attached hydrogen (secondary N) is 1. The molecule has 2 aromatic rings. The Morgan fingerprint density at radius 3 is 2.43 bits per heavy atom. The third-order valence-corrected chi connectivity index (χ3v) is 6.59. The number of ether oxygens (including phenoxy) is 1. The van der Waals surface area contributed by atoms with Gasteiger partial charge >= 0.3 is 16.2 Å². The molecule has 0 bridgehead atoms. The molecule has 0 aliphatic carbocycles. The van der Waals surface area contributed by atoms with E-state index in [1.54, 1.807) is 19.2 Å². The monoisotopic (exact) mass is 432 g/mol. The highest BCUT2D eigenvalue weighted by molar-refractivity contribution is 7.87. The van der Waals surface area contributed by atoms with Gasteiger partial charge in [-0.15, -0.1) is 0 Å². The lowest BCUT2D eigenvalue weighted by molar-refractivity contribution is 0.00873. The molecular weight excluding hydrogens is 404 g/mol. The number of nitrogens with zero attached hydrogens (tertiary/aromatic N) is 1. The Hall–Kier alpha value is -2.42. The quantitative estimate of drug-likeness (QED) is 0.706. The zero-order valence-electron chi connectivity index (χ0n) is 17.4. The summed E-state index contributed by atoms with van der Waals surface area (Å²) in [5, 5.41) is 3.55. The van der Waals surface area contributed by atoms with Crippen LogP contribution in [0.2, 0.25) is 0 Å². The Morgan fingerprint density at radius 2 is 1.80 bits per heavy atom. The summed E-state index contributed by atoms with van der Waals surface area (Å²) in [4.78, 5) is 13.9. The van der Waals surface area contributed by atoms with E-state index in [1.807, 2.05) is 25.1 Å². The first-order valence-corrected chi connectivity index (χ1v) is 11.3. The van der Waals surface area contributed by atoms with Gasteiger partial charge in [0, 0.05) is 25.7 Å². The van der Waals surface area contributed by atoms with Gasteiger partial charge in [-0.25, -0.2) is 4.79 Å². The summed E-state index contributed by atoms with van der Waals surface area (Å²) in [6, 6.07) is 16.4. The fraction of sp³-hybridized carbons (Fsp3) is 0.409. The van der Waals surface area contributed by atoms with Gasteiger partial charge in [-0.05, 0) is 38.0 Å². The number of methoxy groups -OCH3 is 1. The number of amides is 1. The molecule has 162 valence electrons. The molecule has 1 fully saturated rings. The molecule has 1 amide bonds. The maximum atomic E-state index is 12.5. The first-order valence-electron chi connectivity index (χ1n) is 9.94. The minimum Gasteiger partial charge on any atom is -0.378 e. The number of piperidine rings is 1. The van der Waals surface area contributed by atoms with E-state index < -0.39 is 16.2 Å². The third kappa shape index (κ3) is 5.38. The van der Waals surface area contributed by atoms with E-state index in [2.05, 4.69) is 24.4 Å². The molecule has 3 rings (SSSR count). The van der Waals surface area contributed by atoms with Crippen molar-refractivity contribution in [2.45, 2.75) is 43.4 Å². The lowest BCUT2D eigenvalue weighted by atomic mass is 9.99. The Bertz CT molecular complexity index is 947. The number of benzene rings is 2. The van der Waals surface area contributed by atoms with Crippen LogP contribution in [0.25, 0.3) is 0 Å². The van der Waals surface area contributed by atoms with E-state index >= 15 is 0 Å². The smallest absolute Gasteiger partial charge is 0.378 e. The standard InChI is InChI=1S/C22H28N2O5S/c1-16-9-11-19(12-10-16)30(26,27)29-22(25)24-14-13-20(21(15-24)28-3)23-17(2)18-7-5-4-6-8-18/h4-12,17,20-21,23H,13-15H2,1-3H3. The first-order chi connectivity index (χ1) is 14.3. The number of carbonyl (C=O) groups excluding carboxylic acids is 1. The lowest BCUT2D eigenvalue weighted by Gasteiger charge is -2.38. The Labute approximate surface area is 178 Å². The van der Waals surface area contributed by atoms with Crippen LogP contribution in [0.15, 0.2) is 59.5 Å². The maximum Gasteiger partial charge on any atom is 0.425 e. The van der Waals surface area contributed by atoms with Gasteiger partial charge in [0.05, 0.1) is 12.6 Å². The van der Waals surface area contributed by atoms with Gasteiger partial charge in [-0.1, -0.05) is 48.0 Å². The van der Waals surface area contributed by atoms with Crippen LogP contribution in [0.4, 0.5) is 4.79 Å². The Kier molecular flexibility index (Phi) is 7.12. The number of carbonyl (C=O) groups is 1. The van der Waals surface area contributed by atoms with E-state index in [0.717, 1.165) is 5.56 Å². The predicted octanol–water partition coefficient (Wildman–Crippen LogP) is 3.26. The highest BCUT2D eigenvalue weighted by Gasteiger charge is 2.34. The number of likely N-dealkylation sites (tertiary alicyclic amines) is 1. The average molecular weight is 433 g/mol. The van der Waals surface area contributed by atoms with Crippen molar-refractivity contribution in [1.29, 1.82) is 0 Å². The maximum absolute atomic E-state index is 12.5. The van der Waals surface area contributed by atoms with Gasteiger partial charge < -0.3 is 19.1 Å². The average Bonchev–Trinajstić information content (AvgIpc) is 2.74. The summed E-state index contributed by atoms with van der Waals surface area (Å²) >= 11 is 0. The highest BCUT2D eigenvalue weighted by Crippen LogP contribution is 2.21. The fourth-order valence-corrected chi connectivity index (χ4v) is 4.43. The summed E-state index contributed by atoms with van der Waals surface area (Å²) in [5.41, 5.74) is 2.08. The third-order valence-electron chi connectivity index (χ3n) is 5.37. The molecule has 0 spiro atoms. The van der Waals surface area contributed by atoms with E-state index in [9.17, 15) is 13.2 Å². The van der Waals surface area contributed by atoms with Crippen LogP contribution >= 0.6 is 0 Å². The molecular formula is C22H28N2O5S. The van der Waals surface area contributed by atoms with Crippen molar-refractivity contribution in [3.63, 3.8) is 0 Å². The second-order valence-corrected chi connectivity index (χ2v) is 9.08. The fourth-order valence-electron chi connectivity index (χ4n) is 3.57. The molecule has 1 heterocycles. The zero-order chi connectivity index (χ0) is 21.7. The SMILES string of the molecule is COC1CN(C(=O)OS(=O)(=O)c2ccc(C)cc2)CCC1NC(C)c1ccccc1. The second-order valence-electron chi connectivity index (χ2n) is 7.53. The van der Waals surface area contributed by atoms with Crippen LogP contribution in [0.1, 0.15) is 30.5 Å². The molecule has 3 atom stereocenters. The van der Waals surface area contributed by atoms with Crippen LogP contribution in [0, 0.1) is 6.92 Å². The molecule has 2 aromatic carbocycles. The van der Waals surface area contributed by atoms with Gasteiger partial charge in [0.2, 0.25) is 0 Å². The number of rotatable bonds is 6. The normalized spacial score (nSPS) is 20.6. The van der Waals surface area contributed by atoms with E-state index in [-0.39, 0.29) is 29.6 Å². The molecule has 1 aliphatic rings. The topological polar surface area (TPSA) is 84.9 Å². The Morgan fingerprint density at radius 1 is 1.13 bits per heavy atom. The summed E-state index contributed by atoms with van der Waals surface area (Å²) in [7, 11) is -2.58. The summed E-state index contributed by atoms with van der Waals surface area (Å²) in [6.45, 7) is 4.56.